The van der Waals surface area contributed by atoms with Crippen molar-refractivity contribution in [2.75, 3.05) is 5.32 Å². The fourth-order valence-electron chi connectivity index (χ4n) is 3.26. The lowest BCUT2D eigenvalue weighted by molar-refractivity contribution is -0.112. The Kier molecular flexibility index (Phi) is 7.12. The zero-order valence-corrected chi connectivity index (χ0v) is 18.5. The Morgan fingerprint density at radius 3 is 2.42 bits per heavy atom. The molecule has 0 unspecified atom stereocenters. The van der Waals surface area contributed by atoms with Gasteiger partial charge in [0.2, 0.25) is 0 Å². The van der Waals surface area contributed by atoms with Gasteiger partial charge >= 0.3 is 0 Å². The molecule has 1 amide bonds. The largest absolute Gasteiger partial charge is 0.487 e. The minimum Gasteiger partial charge on any atom is -0.487 e. The second kappa shape index (κ2) is 9.97. The van der Waals surface area contributed by atoms with Crippen molar-refractivity contribution < 1.29 is 9.53 Å². The minimum atomic E-state index is -0.469. The van der Waals surface area contributed by atoms with Crippen LogP contribution in [-0.2, 0) is 11.4 Å². The highest BCUT2D eigenvalue weighted by Crippen LogP contribution is 2.27. The maximum atomic E-state index is 12.5. The first-order chi connectivity index (χ1) is 14.9. The number of benzene rings is 3. The number of carbonyl (C=O) groups excluding carboxylic acids is 1. The van der Waals surface area contributed by atoms with Gasteiger partial charge in [-0.05, 0) is 61.7 Å². The highest BCUT2D eigenvalue weighted by molar-refractivity contribution is 6.32. The molecule has 0 bridgehead atoms. The Labute approximate surface area is 187 Å². The Morgan fingerprint density at radius 2 is 1.77 bits per heavy atom. The SMILES string of the molecule is Cc1cc(C)cc(COc2ccc(/C=C(\C#N)C(=O)Nc3ccccc3C)cc2Cl)c1. The smallest absolute Gasteiger partial charge is 0.266 e. The summed E-state index contributed by atoms with van der Waals surface area (Å²) < 4.78 is 5.86. The molecule has 156 valence electrons. The fourth-order valence-corrected chi connectivity index (χ4v) is 3.50. The molecule has 3 aromatic carbocycles. The Bertz CT molecular complexity index is 1170. The third-order valence-corrected chi connectivity index (χ3v) is 5.00. The van der Waals surface area contributed by atoms with Crippen LogP contribution in [0.2, 0.25) is 5.02 Å². The van der Waals surface area contributed by atoms with Crippen LogP contribution in [0.1, 0.15) is 27.8 Å². The van der Waals surface area contributed by atoms with Crippen LogP contribution in [0.5, 0.6) is 5.75 Å². The molecule has 0 spiro atoms. The number of hydrogen-bond acceptors (Lipinski definition) is 3. The molecule has 0 aliphatic carbocycles. The Morgan fingerprint density at radius 1 is 1.06 bits per heavy atom. The summed E-state index contributed by atoms with van der Waals surface area (Å²) in [6, 6.07) is 20.8. The van der Waals surface area contributed by atoms with Gasteiger partial charge in [0.05, 0.1) is 5.02 Å². The predicted molar refractivity (Wildman–Crippen MR) is 125 cm³/mol. The van der Waals surface area contributed by atoms with E-state index in [1.54, 1.807) is 24.3 Å². The van der Waals surface area contributed by atoms with Crippen LogP contribution in [0, 0.1) is 32.1 Å². The van der Waals surface area contributed by atoms with E-state index in [1.807, 2.05) is 45.0 Å². The molecule has 0 aromatic heterocycles. The number of halogens is 1. The molecule has 1 N–H and O–H groups in total. The quantitative estimate of drug-likeness (QED) is 0.364. The lowest BCUT2D eigenvalue weighted by Gasteiger charge is -2.10. The molecular weight excluding hydrogens is 408 g/mol. The zero-order chi connectivity index (χ0) is 22.4. The van der Waals surface area contributed by atoms with Gasteiger partial charge in [-0.25, -0.2) is 0 Å². The summed E-state index contributed by atoms with van der Waals surface area (Å²) in [5.74, 6) is 0.0731. The molecule has 5 heteroatoms. The first kappa shape index (κ1) is 22.1. The lowest BCUT2D eigenvalue weighted by Crippen LogP contribution is -2.14. The standard InChI is InChI=1S/C26H23ClN2O2/c1-17-10-18(2)12-21(11-17)16-31-25-9-8-20(14-23(25)27)13-22(15-28)26(30)29-24-7-5-4-6-19(24)3/h4-14H,16H2,1-3H3,(H,29,30)/b22-13+. The number of hydrogen-bond donors (Lipinski definition) is 1. The van der Waals surface area contributed by atoms with Gasteiger partial charge in [0.15, 0.2) is 0 Å². The molecule has 4 nitrogen and oxygen atoms in total. The first-order valence-corrected chi connectivity index (χ1v) is 10.2. The van der Waals surface area contributed by atoms with Crippen LogP contribution in [0.25, 0.3) is 6.08 Å². The van der Waals surface area contributed by atoms with Gasteiger partial charge < -0.3 is 10.1 Å². The third-order valence-electron chi connectivity index (χ3n) is 4.70. The summed E-state index contributed by atoms with van der Waals surface area (Å²) in [5.41, 5.74) is 5.64. The van der Waals surface area contributed by atoms with Gasteiger partial charge in [0.1, 0.15) is 24.0 Å². The number of anilines is 1. The van der Waals surface area contributed by atoms with Crippen molar-refractivity contribution in [1.29, 1.82) is 5.26 Å². The second-order valence-corrected chi connectivity index (χ2v) is 7.82. The van der Waals surface area contributed by atoms with Gasteiger partial charge in [-0.15, -0.1) is 0 Å². The summed E-state index contributed by atoms with van der Waals surface area (Å²) in [4.78, 5) is 12.5. The van der Waals surface area contributed by atoms with Gasteiger partial charge in [0, 0.05) is 5.69 Å². The molecule has 3 rings (SSSR count). The van der Waals surface area contributed by atoms with E-state index in [2.05, 4.69) is 23.5 Å². The van der Waals surface area contributed by atoms with Crippen molar-refractivity contribution in [1.82, 2.24) is 0 Å². The van der Waals surface area contributed by atoms with Gasteiger partial charge in [-0.3, -0.25) is 4.79 Å². The van der Waals surface area contributed by atoms with E-state index in [9.17, 15) is 10.1 Å². The molecule has 0 radical (unpaired) electrons. The highest BCUT2D eigenvalue weighted by Gasteiger charge is 2.11. The first-order valence-electron chi connectivity index (χ1n) is 9.84. The third kappa shape index (κ3) is 5.97. The molecule has 0 saturated heterocycles. The topological polar surface area (TPSA) is 62.1 Å². The molecule has 3 aromatic rings. The summed E-state index contributed by atoms with van der Waals surface area (Å²) in [5, 5.41) is 12.6. The van der Waals surface area contributed by atoms with Crippen LogP contribution >= 0.6 is 11.6 Å². The average Bonchev–Trinajstić information content (AvgIpc) is 2.72. The molecule has 0 aliphatic rings. The zero-order valence-electron chi connectivity index (χ0n) is 17.7. The van der Waals surface area contributed by atoms with Crippen LogP contribution in [0.15, 0.2) is 66.2 Å². The number of carbonyl (C=O) groups is 1. The minimum absolute atomic E-state index is 0.0109. The number of nitrogens with zero attached hydrogens (tertiary/aromatic N) is 1. The second-order valence-electron chi connectivity index (χ2n) is 7.41. The molecule has 0 saturated carbocycles. The normalized spacial score (nSPS) is 11.0. The number of ether oxygens (including phenoxy) is 1. The van der Waals surface area contributed by atoms with Gasteiger partial charge in [-0.1, -0.05) is 65.2 Å². The Balaban J connectivity index is 1.73. The number of nitriles is 1. The van der Waals surface area contributed by atoms with Crippen molar-refractivity contribution >= 4 is 29.3 Å². The summed E-state index contributed by atoms with van der Waals surface area (Å²) in [6.45, 7) is 6.39. The molecule has 0 fully saturated rings. The van der Waals surface area contributed by atoms with Crippen molar-refractivity contribution in [2.24, 2.45) is 0 Å². The van der Waals surface area contributed by atoms with Crippen molar-refractivity contribution in [3.8, 4) is 11.8 Å². The highest BCUT2D eigenvalue weighted by atomic mass is 35.5. The maximum Gasteiger partial charge on any atom is 0.266 e. The maximum absolute atomic E-state index is 12.5. The van der Waals surface area contributed by atoms with Gasteiger partial charge in [-0.2, -0.15) is 5.26 Å². The van der Waals surface area contributed by atoms with E-state index >= 15 is 0 Å². The number of rotatable bonds is 6. The lowest BCUT2D eigenvalue weighted by atomic mass is 10.1. The fraction of sp³-hybridized carbons (Fsp3) is 0.154. The number of amides is 1. The van der Waals surface area contributed by atoms with Crippen molar-refractivity contribution in [3.05, 3.63) is 99.1 Å². The summed E-state index contributed by atoms with van der Waals surface area (Å²) >= 11 is 6.38. The molecular formula is C26H23ClN2O2. The van der Waals surface area contributed by atoms with Crippen LogP contribution in [-0.4, -0.2) is 5.91 Å². The average molecular weight is 431 g/mol. The number of para-hydroxylation sites is 1. The molecule has 0 atom stereocenters. The Hall–Kier alpha value is -3.55. The van der Waals surface area contributed by atoms with E-state index in [0.29, 0.717) is 28.6 Å². The van der Waals surface area contributed by atoms with Crippen LogP contribution in [0.3, 0.4) is 0 Å². The number of nitrogens with one attached hydrogen (secondary N) is 1. The van der Waals surface area contributed by atoms with Crippen LogP contribution < -0.4 is 10.1 Å². The van der Waals surface area contributed by atoms with E-state index in [-0.39, 0.29) is 5.57 Å². The van der Waals surface area contributed by atoms with Crippen molar-refractivity contribution in [3.63, 3.8) is 0 Å². The molecule has 0 heterocycles. The van der Waals surface area contributed by atoms with Gasteiger partial charge in [0.25, 0.3) is 5.91 Å². The van der Waals surface area contributed by atoms with Crippen LogP contribution in [0.4, 0.5) is 5.69 Å². The number of aryl methyl sites for hydroxylation is 3. The molecule has 31 heavy (non-hydrogen) atoms. The van der Waals surface area contributed by atoms with E-state index in [4.69, 9.17) is 16.3 Å². The van der Waals surface area contributed by atoms with E-state index < -0.39 is 5.91 Å². The molecule has 0 aliphatic heterocycles. The van der Waals surface area contributed by atoms with Crippen molar-refractivity contribution in [2.45, 2.75) is 27.4 Å². The summed E-state index contributed by atoms with van der Waals surface area (Å²) in [7, 11) is 0. The monoisotopic (exact) mass is 430 g/mol. The predicted octanol–water partition coefficient (Wildman–Crippen LogP) is 6.39. The summed E-state index contributed by atoms with van der Waals surface area (Å²) in [6.07, 6.45) is 1.51. The van der Waals surface area contributed by atoms with E-state index in [0.717, 1.165) is 11.1 Å². The van der Waals surface area contributed by atoms with E-state index in [1.165, 1.54) is 17.2 Å².